The number of pyridine rings is 1. The number of thioether (sulfide) groups is 1. The fourth-order valence-corrected chi connectivity index (χ4v) is 3.96. The van der Waals surface area contributed by atoms with Crippen LogP contribution in [0.15, 0.2) is 34.8 Å². The summed E-state index contributed by atoms with van der Waals surface area (Å²) in [5.74, 6) is 0. The van der Waals surface area contributed by atoms with Crippen molar-refractivity contribution in [3.05, 3.63) is 45.2 Å². The van der Waals surface area contributed by atoms with Crippen molar-refractivity contribution in [2.45, 2.75) is 17.2 Å². The smallest absolute Gasteiger partial charge is 0.115 e. The van der Waals surface area contributed by atoms with Crippen LogP contribution in [0.1, 0.15) is 15.7 Å². The van der Waals surface area contributed by atoms with Crippen LogP contribution in [0.4, 0.5) is 0 Å². The lowest BCUT2D eigenvalue weighted by Crippen LogP contribution is -2.09. The Hall–Kier alpha value is -0.550. The molecule has 0 spiro atoms. The molecule has 0 amide bonds. The minimum atomic E-state index is 0.224. The van der Waals surface area contributed by atoms with Crippen molar-refractivity contribution in [3.63, 3.8) is 0 Å². The Labute approximate surface area is 114 Å². The number of nitrogens with two attached hydrogens (primary N) is 1. The Balaban J connectivity index is 2.22. The summed E-state index contributed by atoms with van der Waals surface area (Å²) in [6.07, 6.45) is 1.75. The molecule has 0 bridgehead atoms. The molecule has 0 aliphatic heterocycles. The Morgan fingerprint density at radius 1 is 1.53 bits per heavy atom. The number of hydrogen-bond acceptors (Lipinski definition) is 4. The van der Waals surface area contributed by atoms with Crippen LogP contribution in [0, 0.1) is 6.92 Å². The normalized spacial score (nSPS) is 12.6. The summed E-state index contributed by atoms with van der Waals surface area (Å²) in [6, 6.07) is 5.80. The highest BCUT2D eigenvalue weighted by Gasteiger charge is 2.17. The van der Waals surface area contributed by atoms with Gasteiger partial charge in [-0.2, -0.15) is 0 Å². The van der Waals surface area contributed by atoms with Crippen molar-refractivity contribution >= 4 is 34.7 Å². The Kier molecular flexibility index (Phi) is 4.45. The van der Waals surface area contributed by atoms with Gasteiger partial charge >= 0.3 is 0 Å². The zero-order valence-corrected chi connectivity index (χ0v) is 11.8. The van der Waals surface area contributed by atoms with Crippen molar-refractivity contribution in [3.8, 4) is 0 Å². The van der Waals surface area contributed by atoms with Gasteiger partial charge in [0.05, 0.1) is 10.3 Å². The van der Waals surface area contributed by atoms with Crippen LogP contribution in [0.5, 0.6) is 0 Å². The number of halogens is 1. The molecule has 2 aromatic rings. The van der Waals surface area contributed by atoms with E-state index >= 15 is 0 Å². The summed E-state index contributed by atoms with van der Waals surface area (Å²) in [6.45, 7) is 2.69. The zero-order chi connectivity index (χ0) is 12.3. The molecule has 0 fully saturated rings. The van der Waals surface area contributed by atoms with Crippen LogP contribution in [0.3, 0.4) is 0 Å². The van der Waals surface area contributed by atoms with Crippen LogP contribution in [-0.2, 0) is 0 Å². The van der Waals surface area contributed by atoms with E-state index in [0.29, 0.717) is 11.6 Å². The monoisotopic (exact) mass is 284 g/mol. The lowest BCUT2D eigenvalue weighted by Gasteiger charge is -2.14. The summed E-state index contributed by atoms with van der Waals surface area (Å²) in [5, 5.41) is 3.85. The fourth-order valence-electron chi connectivity index (χ4n) is 1.52. The lowest BCUT2D eigenvalue weighted by molar-refractivity contribution is 0.945. The van der Waals surface area contributed by atoms with E-state index < -0.39 is 0 Å². The molecule has 17 heavy (non-hydrogen) atoms. The second kappa shape index (κ2) is 5.87. The number of rotatable bonds is 4. The molecule has 0 aromatic carbocycles. The van der Waals surface area contributed by atoms with E-state index in [4.69, 9.17) is 17.3 Å². The minimum Gasteiger partial charge on any atom is -0.329 e. The predicted molar refractivity (Wildman–Crippen MR) is 76.0 cm³/mol. The average Bonchev–Trinajstić information content (AvgIpc) is 2.75. The van der Waals surface area contributed by atoms with E-state index in [-0.39, 0.29) is 5.25 Å². The molecule has 0 radical (unpaired) electrons. The third-order valence-electron chi connectivity index (χ3n) is 2.39. The van der Waals surface area contributed by atoms with Gasteiger partial charge in [0.15, 0.2) is 0 Å². The Morgan fingerprint density at radius 3 is 2.94 bits per heavy atom. The van der Waals surface area contributed by atoms with E-state index in [0.717, 1.165) is 5.03 Å². The fraction of sp³-hybridized carbons (Fsp3) is 0.250. The van der Waals surface area contributed by atoms with Crippen molar-refractivity contribution < 1.29 is 0 Å². The quantitative estimate of drug-likeness (QED) is 0.866. The van der Waals surface area contributed by atoms with Crippen LogP contribution in [0.2, 0.25) is 5.02 Å². The van der Waals surface area contributed by atoms with Gasteiger partial charge < -0.3 is 5.73 Å². The minimum absolute atomic E-state index is 0.224. The van der Waals surface area contributed by atoms with Gasteiger partial charge in [0.25, 0.3) is 0 Å². The molecule has 2 rings (SSSR count). The molecule has 0 saturated heterocycles. The van der Waals surface area contributed by atoms with Gasteiger partial charge in [-0.25, -0.2) is 4.98 Å². The van der Waals surface area contributed by atoms with Gasteiger partial charge in [0.1, 0.15) is 5.03 Å². The Morgan fingerprint density at radius 2 is 2.35 bits per heavy atom. The molecule has 2 heterocycles. The molecule has 1 unspecified atom stereocenters. The zero-order valence-electron chi connectivity index (χ0n) is 9.39. The largest absolute Gasteiger partial charge is 0.329 e. The van der Waals surface area contributed by atoms with Gasteiger partial charge in [-0.3, -0.25) is 0 Å². The van der Waals surface area contributed by atoms with Gasteiger partial charge in [-0.1, -0.05) is 23.4 Å². The molecule has 2 aromatic heterocycles. The number of thiophene rings is 1. The third kappa shape index (κ3) is 3.01. The lowest BCUT2D eigenvalue weighted by atomic mass is 10.2. The molecule has 0 aliphatic rings. The third-order valence-corrected chi connectivity index (χ3v) is 5.35. The molecule has 2 N–H and O–H groups in total. The number of hydrogen-bond donors (Lipinski definition) is 1. The first-order valence-corrected chi connectivity index (χ1v) is 7.37. The maximum atomic E-state index is 6.11. The van der Waals surface area contributed by atoms with E-state index in [2.05, 4.69) is 23.4 Å². The molecule has 1 atom stereocenters. The Bertz CT molecular complexity index is 499. The number of aromatic nitrogens is 1. The number of nitrogens with zero attached hydrogens (tertiary/aromatic N) is 1. The second-order valence-electron chi connectivity index (χ2n) is 3.60. The summed E-state index contributed by atoms with van der Waals surface area (Å²) >= 11 is 9.47. The molecular weight excluding hydrogens is 272 g/mol. The van der Waals surface area contributed by atoms with Crippen molar-refractivity contribution in [1.29, 1.82) is 0 Å². The molecule has 5 heteroatoms. The van der Waals surface area contributed by atoms with E-state index in [1.54, 1.807) is 29.3 Å². The predicted octanol–water partition coefficient (Wildman–Crippen LogP) is 3.90. The maximum Gasteiger partial charge on any atom is 0.115 e. The van der Waals surface area contributed by atoms with Gasteiger partial charge in [-0.05, 0) is 36.1 Å². The molecule has 0 aliphatic carbocycles. The molecule has 2 nitrogen and oxygen atoms in total. The average molecular weight is 285 g/mol. The summed E-state index contributed by atoms with van der Waals surface area (Å²) in [5.41, 5.74) is 7.13. The van der Waals surface area contributed by atoms with E-state index in [1.807, 2.05) is 12.1 Å². The standard InChI is InChI=1S/C12H13ClN2S2/c1-8-4-6-16-11(8)10(7-14)17-12-9(13)3-2-5-15-12/h2-6,10H,7,14H2,1H3. The van der Waals surface area contributed by atoms with Gasteiger partial charge in [-0.15, -0.1) is 11.3 Å². The SMILES string of the molecule is Cc1ccsc1C(CN)Sc1ncccc1Cl. The van der Waals surface area contributed by atoms with E-state index in [1.165, 1.54) is 10.4 Å². The van der Waals surface area contributed by atoms with Crippen LogP contribution < -0.4 is 5.73 Å². The van der Waals surface area contributed by atoms with Crippen molar-refractivity contribution in [2.24, 2.45) is 5.73 Å². The van der Waals surface area contributed by atoms with E-state index in [9.17, 15) is 0 Å². The highest BCUT2D eigenvalue weighted by atomic mass is 35.5. The molecule has 90 valence electrons. The number of aryl methyl sites for hydroxylation is 1. The van der Waals surface area contributed by atoms with Crippen LogP contribution >= 0.6 is 34.7 Å². The van der Waals surface area contributed by atoms with Gasteiger partial charge in [0.2, 0.25) is 0 Å². The molecule has 0 saturated carbocycles. The highest BCUT2D eigenvalue weighted by Crippen LogP contribution is 2.39. The maximum absolute atomic E-state index is 6.11. The van der Waals surface area contributed by atoms with Crippen LogP contribution in [-0.4, -0.2) is 11.5 Å². The summed E-state index contributed by atoms with van der Waals surface area (Å²) < 4.78 is 0. The first-order chi connectivity index (χ1) is 8.22. The topological polar surface area (TPSA) is 38.9 Å². The summed E-state index contributed by atoms with van der Waals surface area (Å²) in [7, 11) is 0. The highest BCUT2D eigenvalue weighted by molar-refractivity contribution is 7.99. The van der Waals surface area contributed by atoms with Gasteiger partial charge in [0, 0.05) is 17.6 Å². The first kappa shape index (κ1) is 12.9. The summed E-state index contributed by atoms with van der Waals surface area (Å²) in [4.78, 5) is 5.59. The van der Waals surface area contributed by atoms with Crippen molar-refractivity contribution in [2.75, 3.05) is 6.54 Å². The first-order valence-electron chi connectivity index (χ1n) is 5.23. The van der Waals surface area contributed by atoms with Crippen molar-refractivity contribution in [1.82, 2.24) is 4.98 Å². The van der Waals surface area contributed by atoms with Crippen LogP contribution in [0.25, 0.3) is 0 Å². The molecular formula is C12H13ClN2S2. The second-order valence-corrected chi connectivity index (χ2v) is 6.15.